The predicted octanol–water partition coefficient (Wildman–Crippen LogP) is 3.56. The number of hydrogen-bond donors (Lipinski definition) is 1. The van der Waals surface area contributed by atoms with Gasteiger partial charge in [0.25, 0.3) is 0 Å². The van der Waals surface area contributed by atoms with E-state index in [9.17, 15) is 0 Å². The second kappa shape index (κ2) is 5.83. The smallest absolute Gasteiger partial charge is 0.104 e. The van der Waals surface area contributed by atoms with Crippen molar-refractivity contribution in [2.75, 3.05) is 11.9 Å². The highest BCUT2D eigenvalue weighted by Crippen LogP contribution is 2.29. The van der Waals surface area contributed by atoms with E-state index < -0.39 is 0 Å². The van der Waals surface area contributed by atoms with Crippen molar-refractivity contribution < 1.29 is 0 Å². The summed E-state index contributed by atoms with van der Waals surface area (Å²) in [6.45, 7) is 6.66. The summed E-state index contributed by atoms with van der Waals surface area (Å²) < 4.78 is 1.03. The van der Waals surface area contributed by atoms with Gasteiger partial charge >= 0.3 is 0 Å². The normalized spacial score (nSPS) is 12.6. The zero-order chi connectivity index (χ0) is 13.2. The third-order valence-corrected chi connectivity index (χ3v) is 4.06. The van der Waals surface area contributed by atoms with Crippen molar-refractivity contribution in [3.8, 4) is 0 Å². The largest absolute Gasteiger partial charge is 0.389 e. The Morgan fingerprint density at radius 2 is 1.94 bits per heavy atom. The zero-order valence-corrected chi connectivity index (χ0v) is 13.1. The van der Waals surface area contributed by atoms with E-state index in [0.717, 1.165) is 15.7 Å². The Bertz CT molecular complexity index is 418. The number of hydrogen-bond acceptors (Lipinski definition) is 2. The van der Waals surface area contributed by atoms with Crippen molar-refractivity contribution in [3.63, 3.8) is 0 Å². The highest BCUT2D eigenvalue weighted by atomic mass is 79.9. The molecule has 0 radical (unpaired) electrons. The van der Waals surface area contributed by atoms with E-state index in [1.54, 1.807) is 0 Å². The summed E-state index contributed by atoms with van der Waals surface area (Å²) in [5.41, 5.74) is 7.66. The fourth-order valence-corrected chi connectivity index (χ4v) is 2.40. The fourth-order valence-electron chi connectivity index (χ4n) is 1.61. The Balaban J connectivity index is 3.03. The third-order valence-electron chi connectivity index (χ3n) is 3.19. The van der Waals surface area contributed by atoms with Crippen LogP contribution in [0, 0.1) is 5.92 Å². The Kier molecular flexibility index (Phi) is 4.95. The van der Waals surface area contributed by atoms with Crippen LogP contribution in [0.5, 0.6) is 0 Å². The van der Waals surface area contributed by atoms with E-state index in [1.165, 1.54) is 0 Å². The van der Waals surface area contributed by atoms with E-state index >= 15 is 0 Å². The van der Waals surface area contributed by atoms with Crippen molar-refractivity contribution in [3.05, 3.63) is 28.2 Å². The molecule has 4 heteroatoms. The molecule has 17 heavy (non-hydrogen) atoms. The maximum atomic E-state index is 5.61. The molecule has 1 atom stereocenters. The third kappa shape index (κ3) is 3.42. The summed E-state index contributed by atoms with van der Waals surface area (Å²) in [6.07, 6.45) is 0. The van der Waals surface area contributed by atoms with Crippen LogP contribution in [0.2, 0.25) is 0 Å². The number of thiocarbonyl (C=S) groups is 1. The quantitative estimate of drug-likeness (QED) is 0.862. The van der Waals surface area contributed by atoms with Gasteiger partial charge in [0.15, 0.2) is 0 Å². The molecule has 0 aliphatic carbocycles. The molecular weight excluding hydrogens is 296 g/mol. The standard InChI is InChI=1S/C13H19BrN2S/c1-8(2)9(3)16(4)12-6-5-10(13(15)17)7-11(12)14/h5-9H,1-4H3,(H2,15,17). The van der Waals surface area contributed by atoms with Gasteiger partial charge in [0.1, 0.15) is 4.99 Å². The highest BCUT2D eigenvalue weighted by molar-refractivity contribution is 9.10. The van der Waals surface area contributed by atoms with E-state index in [2.05, 4.69) is 54.7 Å². The molecule has 0 spiro atoms. The van der Waals surface area contributed by atoms with Gasteiger partial charge in [-0.25, -0.2) is 0 Å². The number of benzene rings is 1. The lowest BCUT2D eigenvalue weighted by molar-refractivity contribution is 0.505. The summed E-state index contributed by atoms with van der Waals surface area (Å²) in [4.78, 5) is 2.69. The van der Waals surface area contributed by atoms with Crippen LogP contribution >= 0.6 is 28.1 Å². The lowest BCUT2D eigenvalue weighted by atomic mass is 10.0. The van der Waals surface area contributed by atoms with Crippen LogP contribution in [0.15, 0.2) is 22.7 Å². The molecule has 1 aromatic rings. The summed E-state index contributed by atoms with van der Waals surface area (Å²) in [6, 6.07) is 6.46. The molecule has 1 aromatic carbocycles. The van der Waals surface area contributed by atoms with Crippen LogP contribution in [0.4, 0.5) is 5.69 Å². The number of rotatable bonds is 4. The SMILES string of the molecule is CC(C)C(C)N(C)c1ccc(C(N)=S)cc1Br. The van der Waals surface area contributed by atoms with Crippen molar-refractivity contribution in [2.45, 2.75) is 26.8 Å². The minimum absolute atomic E-state index is 0.428. The van der Waals surface area contributed by atoms with E-state index in [-0.39, 0.29) is 0 Å². The van der Waals surface area contributed by atoms with E-state index in [0.29, 0.717) is 16.9 Å². The molecule has 0 saturated carbocycles. The van der Waals surface area contributed by atoms with Gasteiger partial charge in [0.05, 0.1) is 5.69 Å². The van der Waals surface area contributed by atoms with Crippen LogP contribution in [0.3, 0.4) is 0 Å². The van der Waals surface area contributed by atoms with Crippen LogP contribution < -0.4 is 10.6 Å². The molecular formula is C13H19BrN2S. The highest BCUT2D eigenvalue weighted by Gasteiger charge is 2.16. The van der Waals surface area contributed by atoms with Gasteiger partial charge in [-0.2, -0.15) is 0 Å². The molecule has 1 unspecified atom stereocenters. The van der Waals surface area contributed by atoms with Crippen molar-refractivity contribution in [2.24, 2.45) is 11.7 Å². The van der Waals surface area contributed by atoms with Crippen LogP contribution in [-0.4, -0.2) is 18.1 Å². The minimum Gasteiger partial charge on any atom is -0.389 e. The number of anilines is 1. The fraction of sp³-hybridized carbons (Fsp3) is 0.462. The van der Waals surface area contributed by atoms with Gasteiger partial charge in [0, 0.05) is 23.1 Å². The summed E-state index contributed by atoms with van der Waals surface area (Å²) in [7, 11) is 2.10. The molecule has 2 N–H and O–H groups in total. The summed E-state index contributed by atoms with van der Waals surface area (Å²) in [5, 5.41) is 0. The predicted molar refractivity (Wildman–Crippen MR) is 82.7 cm³/mol. The molecule has 1 rings (SSSR count). The molecule has 2 nitrogen and oxygen atoms in total. The lowest BCUT2D eigenvalue weighted by Gasteiger charge is -2.31. The first-order chi connectivity index (χ1) is 7.84. The summed E-state index contributed by atoms with van der Waals surface area (Å²) >= 11 is 8.54. The molecule has 0 aliphatic rings. The van der Waals surface area contributed by atoms with Gasteiger partial charge in [0.2, 0.25) is 0 Å². The van der Waals surface area contributed by atoms with Crippen LogP contribution in [0.25, 0.3) is 0 Å². The first kappa shape index (κ1) is 14.5. The molecule has 0 heterocycles. The summed E-state index contributed by atoms with van der Waals surface area (Å²) in [5.74, 6) is 0.599. The Labute approximate surface area is 117 Å². The first-order valence-corrected chi connectivity index (χ1v) is 6.87. The van der Waals surface area contributed by atoms with Gasteiger partial charge in [-0.1, -0.05) is 26.1 Å². The van der Waals surface area contributed by atoms with Gasteiger partial charge in [-0.3, -0.25) is 0 Å². The number of nitrogens with zero attached hydrogens (tertiary/aromatic N) is 1. The van der Waals surface area contributed by atoms with E-state index in [1.807, 2.05) is 12.1 Å². The number of halogens is 1. The van der Waals surface area contributed by atoms with Crippen LogP contribution in [-0.2, 0) is 0 Å². The van der Waals surface area contributed by atoms with Gasteiger partial charge in [-0.05, 0) is 47.0 Å². The zero-order valence-electron chi connectivity index (χ0n) is 10.7. The van der Waals surface area contributed by atoms with Gasteiger partial charge < -0.3 is 10.6 Å². The minimum atomic E-state index is 0.428. The molecule has 94 valence electrons. The van der Waals surface area contributed by atoms with Crippen molar-refractivity contribution in [1.29, 1.82) is 0 Å². The Morgan fingerprint density at radius 3 is 2.35 bits per heavy atom. The van der Waals surface area contributed by atoms with Crippen molar-refractivity contribution in [1.82, 2.24) is 0 Å². The Morgan fingerprint density at radius 1 is 1.35 bits per heavy atom. The van der Waals surface area contributed by atoms with Crippen LogP contribution in [0.1, 0.15) is 26.3 Å². The monoisotopic (exact) mass is 314 g/mol. The average molecular weight is 315 g/mol. The molecule has 0 fully saturated rings. The molecule has 0 aliphatic heterocycles. The topological polar surface area (TPSA) is 29.3 Å². The first-order valence-electron chi connectivity index (χ1n) is 5.66. The molecule has 0 bridgehead atoms. The second-order valence-electron chi connectivity index (χ2n) is 4.63. The second-order valence-corrected chi connectivity index (χ2v) is 5.92. The van der Waals surface area contributed by atoms with E-state index in [4.69, 9.17) is 18.0 Å². The number of nitrogens with two attached hydrogens (primary N) is 1. The van der Waals surface area contributed by atoms with Crippen molar-refractivity contribution >= 4 is 38.8 Å². The molecule has 0 saturated heterocycles. The average Bonchev–Trinajstić information content (AvgIpc) is 2.26. The maximum Gasteiger partial charge on any atom is 0.104 e. The molecule has 0 amide bonds. The Hall–Kier alpha value is -0.610. The molecule has 0 aromatic heterocycles. The van der Waals surface area contributed by atoms with Gasteiger partial charge in [-0.15, -0.1) is 0 Å². The lowest BCUT2D eigenvalue weighted by Crippen LogP contribution is -2.33. The maximum absolute atomic E-state index is 5.61.